The van der Waals surface area contributed by atoms with Crippen molar-refractivity contribution in [2.24, 2.45) is 0 Å². The van der Waals surface area contributed by atoms with Gasteiger partial charge in [0.15, 0.2) is 0 Å². The minimum Gasteiger partial charge on any atom is -0.393 e. The average Bonchev–Trinajstić information content (AvgIpc) is 2.05. The largest absolute Gasteiger partial charge is 0.393 e. The Morgan fingerprint density at radius 1 is 1.23 bits per heavy atom. The maximum absolute atomic E-state index is 10.0. The summed E-state index contributed by atoms with van der Waals surface area (Å²) in [5.41, 5.74) is 0. The van der Waals surface area contributed by atoms with Gasteiger partial charge in [-0.15, -0.1) is 0 Å². The first-order chi connectivity index (χ1) is 6.20. The Bertz CT molecular complexity index is 125. The topological polar surface area (TPSA) is 57.5 Å². The number of aliphatic hydroxyl groups excluding tert-OH is 2. The SMILES string of the molecule is CCCCCC(O)CC(O)CC=O. The Balaban J connectivity index is 3.37. The van der Waals surface area contributed by atoms with Crippen molar-refractivity contribution in [3.63, 3.8) is 0 Å². The number of carbonyl (C=O) groups is 1. The van der Waals surface area contributed by atoms with Gasteiger partial charge in [-0.25, -0.2) is 0 Å². The molecule has 0 saturated heterocycles. The van der Waals surface area contributed by atoms with Gasteiger partial charge in [0.25, 0.3) is 0 Å². The summed E-state index contributed by atoms with van der Waals surface area (Å²) in [6.07, 6.45) is 3.96. The molecule has 0 aliphatic heterocycles. The molecular weight excluding hydrogens is 168 g/mol. The van der Waals surface area contributed by atoms with Crippen LogP contribution in [0.3, 0.4) is 0 Å². The van der Waals surface area contributed by atoms with E-state index in [4.69, 9.17) is 0 Å². The first-order valence-corrected chi connectivity index (χ1v) is 5.00. The van der Waals surface area contributed by atoms with Crippen molar-refractivity contribution in [1.82, 2.24) is 0 Å². The fourth-order valence-corrected chi connectivity index (χ4v) is 1.27. The van der Waals surface area contributed by atoms with Crippen LogP contribution >= 0.6 is 0 Å². The summed E-state index contributed by atoms with van der Waals surface area (Å²) in [6.45, 7) is 2.10. The molecule has 0 amide bonds. The minimum atomic E-state index is -0.672. The van der Waals surface area contributed by atoms with Crippen molar-refractivity contribution in [3.8, 4) is 0 Å². The summed E-state index contributed by atoms with van der Waals surface area (Å²) in [5, 5.41) is 18.6. The molecule has 0 aromatic carbocycles. The molecule has 3 heteroatoms. The molecule has 0 radical (unpaired) electrons. The van der Waals surface area contributed by atoms with E-state index in [-0.39, 0.29) is 6.42 Å². The number of aldehydes is 1. The molecule has 0 aromatic rings. The Morgan fingerprint density at radius 2 is 1.92 bits per heavy atom. The van der Waals surface area contributed by atoms with E-state index in [9.17, 15) is 15.0 Å². The fourth-order valence-electron chi connectivity index (χ4n) is 1.27. The van der Waals surface area contributed by atoms with E-state index in [1.807, 2.05) is 0 Å². The van der Waals surface area contributed by atoms with Crippen molar-refractivity contribution in [2.45, 2.75) is 57.7 Å². The van der Waals surface area contributed by atoms with E-state index in [0.29, 0.717) is 12.7 Å². The molecule has 2 atom stereocenters. The molecular formula is C10H20O3. The van der Waals surface area contributed by atoms with Gasteiger partial charge in [0.2, 0.25) is 0 Å². The average molecular weight is 188 g/mol. The Hall–Kier alpha value is -0.410. The van der Waals surface area contributed by atoms with Crippen LogP contribution in [0.15, 0.2) is 0 Å². The predicted molar refractivity (Wildman–Crippen MR) is 51.5 cm³/mol. The molecule has 0 aliphatic carbocycles. The quantitative estimate of drug-likeness (QED) is 0.445. The van der Waals surface area contributed by atoms with Gasteiger partial charge in [0, 0.05) is 6.42 Å². The van der Waals surface area contributed by atoms with E-state index in [0.717, 1.165) is 25.7 Å². The minimum absolute atomic E-state index is 0.130. The summed E-state index contributed by atoms with van der Waals surface area (Å²) in [4.78, 5) is 10.0. The zero-order valence-corrected chi connectivity index (χ0v) is 8.28. The second-order valence-electron chi connectivity index (χ2n) is 3.44. The normalized spacial score (nSPS) is 15.3. The monoisotopic (exact) mass is 188 g/mol. The highest BCUT2D eigenvalue weighted by Gasteiger charge is 2.10. The van der Waals surface area contributed by atoms with Crippen molar-refractivity contribution >= 4 is 6.29 Å². The number of carbonyl (C=O) groups excluding carboxylic acids is 1. The fraction of sp³-hybridized carbons (Fsp3) is 0.900. The molecule has 0 aliphatic rings. The lowest BCUT2D eigenvalue weighted by atomic mass is 10.0. The van der Waals surface area contributed by atoms with E-state index in [1.54, 1.807) is 0 Å². The summed E-state index contributed by atoms with van der Waals surface area (Å²) in [7, 11) is 0. The highest BCUT2D eigenvalue weighted by Crippen LogP contribution is 2.09. The van der Waals surface area contributed by atoms with Crippen LogP contribution in [-0.4, -0.2) is 28.7 Å². The second kappa shape index (κ2) is 8.20. The number of hydrogen-bond donors (Lipinski definition) is 2. The lowest BCUT2D eigenvalue weighted by Crippen LogP contribution is -2.17. The van der Waals surface area contributed by atoms with Crippen LogP contribution in [-0.2, 0) is 4.79 Å². The second-order valence-corrected chi connectivity index (χ2v) is 3.44. The predicted octanol–water partition coefficient (Wildman–Crippen LogP) is 1.27. The van der Waals surface area contributed by atoms with Gasteiger partial charge in [-0.05, 0) is 12.8 Å². The van der Waals surface area contributed by atoms with Crippen LogP contribution in [0.25, 0.3) is 0 Å². The number of rotatable bonds is 8. The number of aliphatic hydroxyl groups is 2. The maximum atomic E-state index is 10.0. The molecule has 0 saturated carbocycles. The molecule has 0 aromatic heterocycles. The van der Waals surface area contributed by atoms with E-state index < -0.39 is 12.2 Å². The van der Waals surface area contributed by atoms with Gasteiger partial charge in [0.05, 0.1) is 12.2 Å². The lowest BCUT2D eigenvalue weighted by Gasteiger charge is -2.13. The van der Waals surface area contributed by atoms with Crippen LogP contribution in [0.2, 0.25) is 0 Å². The zero-order chi connectivity index (χ0) is 10.1. The third kappa shape index (κ3) is 7.94. The molecule has 78 valence electrons. The van der Waals surface area contributed by atoms with Gasteiger partial charge in [-0.2, -0.15) is 0 Å². The lowest BCUT2D eigenvalue weighted by molar-refractivity contribution is -0.109. The molecule has 0 fully saturated rings. The van der Waals surface area contributed by atoms with Gasteiger partial charge in [0.1, 0.15) is 6.29 Å². The molecule has 0 bridgehead atoms. The summed E-state index contributed by atoms with van der Waals surface area (Å²) in [6, 6.07) is 0. The maximum Gasteiger partial charge on any atom is 0.122 e. The smallest absolute Gasteiger partial charge is 0.122 e. The first-order valence-electron chi connectivity index (χ1n) is 5.00. The van der Waals surface area contributed by atoms with Crippen LogP contribution in [0, 0.1) is 0 Å². The number of unbranched alkanes of at least 4 members (excludes halogenated alkanes) is 2. The molecule has 13 heavy (non-hydrogen) atoms. The van der Waals surface area contributed by atoms with Crippen molar-refractivity contribution in [2.75, 3.05) is 0 Å². The van der Waals surface area contributed by atoms with Crippen LogP contribution in [0.1, 0.15) is 45.4 Å². The van der Waals surface area contributed by atoms with E-state index >= 15 is 0 Å². The van der Waals surface area contributed by atoms with Gasteiger partial charge in [-0.1, -0.05) is 26.2 Å². The molecule has 3 nitrogen and oxygen atoms in total. The standard InChI is InChI=1S/C10H20O3/c1-2-3-4-5-9(12)8-10(13)6-7-11/h7,9-10,12-13H,2-6,8H2,1H3. The summed E-state index contributed by atoms with van der Waals surface area (Å²) >= 11 is 0. The Labute approximate surface area is 79.8 Å². The third-order valence-electron chi connectivity index (χ3n) is 2.05. The van der Waals surface area contributed by atoms with Crippen molar-refractivity contribution < 1.29 is 15.0 Å². The summed E-state index contributed by atoms with van der Waals surface area (Å²) < 4.78 is 0. The molecule has 0 heterocycles. The Kier molecular flexibility index (Phi) is 7.94. The highest BCUT2D eigenvalue weighted by atomic mass is 16.3. The van der Waals surface area contributed by atoms with E-state index in [2.05, 4.69) is 6.92 Å². The van der Waals surface area contributed by atoms with Crippen molar-refractivity contribution in [1.29, 1.82) is 0 Å². The van der Waals surface area contributed by atoms with Gasteiger partial charge in [-0.3, -0.25) is 0 Å². The zero-order valence-electron chi connectivity index (χ0n) is 8.28. The molecule has 0 spiro atoms. The van der Waals surface area contributed by atoms with Gasteiger partial charge >= 0.3 is 0 Å². The molecule has 2 unspecified atom stereocenters. The first kappa shape index (κ1) is 12.6. The van der Waals surface area contributed by atoms with Crippen LogP contribution < -0.4 is 0 Å². The highest BCUT2D eigenvalue weighted by molar-refractivity contribution is 5.49. The third-order valence-corrected chi connectivity index (χ3v) is 2.05. The van der Waals surface area contributed by atoms with Crippen molar-refractivity contribution in [3.05, 3.63) is 0 Å². The van der Waals surface area contributed by atoms with Crippen LogP contribution in [0.4, 0.5) is 0 Å². The summed E-state index contributed by atoms with van der Waals surface area (Å²) in [5.74, 6) is 0. The van der Waals surface area contributed by atoms with E-state index in [1.165, 1.54) is 0 Å². The molecule has 2 N–H and O–H groups in total. The Morgan fingerprint density at radius 3 is 2.46 bits per heavy atom. The van der Waals surface area contributed by atoms with Crippen LogP contribution in [0.5, 0.6) is 0 Å². The number of hydrogen-bond acceptors (Lipinski definition) is 3. The van der Waals surface area contributed by atoms with Gasteiger partial charge < -0.3 is 15.0 Å². The molecule has 0 rings (SSSR count).